The maximum Gasteiger partial charge on any atom is 0.141 e. The van der Waals surface area contributed by atoms with Crippen LogP contribution in [-0.2, 0) is 6.61 Å². The van der Waals surface area contributed by atoms with E-state index < -0.39 is 0 Å². The van der Waals surface area contributed by atoms with Gasteiger partial charge in [0.25, 0.3) is 0 Å². The first-order valence-electron chi connectivity index (χ1n) is 9.74. The third kappa shape index (κ3) is 5.24. The number of halogens is 2. The number of ether oxygens (including phenoxy) is 1. The van der Waals surface area contributed by atoms with E-state index in [9.17, 15) is 4.39 Å². The molecule has 0 unspecified atom stereocenters. The monoisotopic (exact) mass is 423 g/mol. The Morgan fingerprint density at radius 3 is 2.60 bits per heavy atom. The molecule has 0 saturated carbocycles. The van der Waals surface area contributed by atoms with Gasteiger partial charge < -0.3 is 10.1 Å². The Labute approximate surface area is 180 Å². The second-order valence-electron chi connectivity index (χ2n) is 6.43. The largest absolute Gasteiger partial charge is 0.487 e. The standard InChI is InChI=1S/C22H17ClFN3O.C2H6/c1-14-5-7-20-18(9-14)22(26-13-25-20)27-17-6-8-21(19(23)11-17)28-12-15-3-2-4-16(24)10-15;1-2/h2-11,13H,12H2,1H3,(H,25,26,27);1-2H3. The first-order valence-corrected chi connectivity index (χ1v) is 10.1. The van der Waals surface area contributed by atoms with Crippen LogP contribution in [0.1, 0.15) is 25.0 Å². The molecule has 6 heteroatoms. The summed E-state index contributed by atoms with van der Waals surface area (Å²) in [6.45, 7) is 6.26. The Balaban J connectivity index is 0.00000124. The molecule has 4 aromatic rings. The molecule has 4 rings (SSSR count). The van der Waals surface area contributed by atoms with Gasteiger partial charge in [0.2, 0.25) is 0 Å². The van der Waals surface area contributed by atoms with Crippen LogP contribution in [0.4, 0.5) is 15.9 Å². The Bertz CT molecular complexity index is 1150. The highest BCUT2D eigenvalue weighted by Crippen LogP contribution is 2.31. The molecular formula is C24H23ClFN3O. The average molecular weight is 424 g/mol. The van der Waals surface area contributed by atoms with E-state index in [4.69, 9.17) is 16.3 Å². The molecule has 4 nitrogen and oxygen atoms in total. The van der Waals surface area contributed by atoms with Gasteiger partial charge in [-0.25, -0.2) is 14.4 Å². The van der Waals surface area contributed by atoms with Crippen molar-refractivity contribution in [3.63, 3.8) is 0 Å². The smallest absolute Gasteiger partial charge is 0.141 e. The highest BCUT2D eigenvalue weighted by atomic mass is 35.5. The second kappa shape index (κ2) is 10.0. The zero-order valence-corrected chi connectivity index (χ0v) is 17.9. The maximum atomic E-state index is 13.3. The first kappa shape index (κ1) is 21.5. The van der Waals surface area contributed by atoms with Gasteiger partial charge in [-0.15, -0.1) is 0 Å². The normalized spacial score (nSPS) is 10.3. The fourth-order valence-corrected chi connectivity index (χ4v) is 3.13. The Morgan fingerprint density at radius 2 is 1.83 bits per heavy atom. The molecule has 1 heterocycles. The maximum absolute atomic E-state index is 13.3. The minimum atomic E-state index is -0.293. The van der Waals surface area contributed by atoms with E-state index >= 15 is 0 Å². The predicted molar refractivity (Wildman–Crippen MR) is 121 cm³/mol. The van der Waals surface area contributed by atoms with E-state index in [1.54, 1.807) is 24.3 Å². The summed E-state index contributed by atoms with van der Waals surface area (Å²) in [5.74, 6) is 0.942. The molecule has 3 aromatic carbocycles. The van der Waals surface area contributed by atoms with Gasteiger partial charge in [-0.2, -0.15) is 0 Å². The number of fused-ring (bicyclic) bond motifs is 1. The topological polar surface area (TPSA) is 47.0 Å². The number of hydrogen-bond donors (Lipinski definition) is 1. The van der Waals surface area contributed by atoms with E-state index in [1.807, 2.05) is 45.0 Å². The summed E-state index contributed by atoms with van der Waals surface area (Å²) in [5, 5.41) is 4.67. The SMILES string of the molecule is CC.Cc1ccc2ncnc(Nc3ccc(OCc4cccc(F)c4)c(Cl)c3)c2c1. The molecule has 0 spiro atoms. The highest BCUT2D eigenvalue weighted by molar-refractivity contribution is 6.32. The van der Waals surface area contributed by atoms with Crippen molar-refractivity contribution in [1.29, 1.82) is 0 Å². The summed E-state index contributed by atoms with van der Waals surface area (Å²) in [7, 11) is 0. The summed E-state index contributed by atoms with van der Waals surface area (Å²) in [5.41, 5.74) is 3.51. The van der Waals surface area contributed by atoms with E-state index in [0.717, 1.165) is 27.7 Å². The van der Waals surface area contributed by atoms with Crippen molar-refractivity contribution in [3.8, 4) is 5.75 Å². The Kier molecular flexibility index (Phi) is 7.20. The lowest BCUT2D eigenvalue weighted by atomic mass is 10.1. The average Bonchev–Trinajstić information content (AvgIpc) is 2.75. The fourth-order valence-electron chi connectivity index (χ4n) is 2.89. The summed E-state index contributed by atoms with van der Waals surface area (Å²) < 4.78 is 19.0. The zero-order chi connectivity index (χ0) is 21.5. The van der Waals surface area contributed by atoms with Crippen molar-refractivity contribution in [2.45, 2.75) is 27.4 Å². The van der Waals surface area contributed by atoms with Crippen LogP contribution in [0.15, 0.2) is 67.0 Å². The number of nitrogens with zero attached hydrogens (tertiary/aromatic N) is 2. The number of aryl methyl sites for hydroxylation is 1. The van der Waals surface area contributed by atoms with Crippen molar-refractivity contribution < 1.29 is 9.13 Å². The number of benzene rings is 3. The van der Waals surface area contributed by atoms with Crippen LogP contribution < -0.4 is 10.1 Å². The summed E-state index contributed by atoms with van der Waals surface area (Å²) >= 11 is 6.36. The lowest BCUT2D eigenvalue weighted by molar-refractivity contribution is 0.306. The van der Waals surface area contributed by atoms with E-state index in [1.165, 1.54) is 18.5 Å². The third-order valence-corrected chi connectivity index (χ3v) is 4.56. The Hall–Kier alpha value is -3.18. The van der Waals surface area contributed by atoms with Crippen LogP contribution in [0.2, 0.25) is 5.02 Å². The van der Waals surface area contributed by atoms with Crippen LogP contribution in [0.25, 0.3) is 10.9 Å². The molecule has 0 aliphatic carbocycles. The molecular weight excluding hydrogens is 401 g/mol. The quantitative estimate of drug-likeness (QED) is 0.372. The minimum absolute atomic E-state index is 0.236. The lowest BCUT2D eigenvalue weighted by Crippen LogP contribution is -1.98. The lowest BCUT2D eigenvalue weighted by Gasteiger charge is -2.12. The Morgan fingerprint density at radius 1 is 1.00 bits per heavy atom. The number of rotatable bonds is 5. The molecule has 1 aromatic heterocycles. The van der Waals surface area contributed by atoms with E-state index in [0.29, 0.717) is 16.6 Å². The molecule has 0 atom stereocenters. The van der Waals surface area contributed by atoms with Crippen LogP contribution in [0, 0.1) is 12.7 Å². The zero-order valence-electron chi connectivity index (χ0n) is 17.1. The van der Waals surface area contributed by atoms with Crippen molar-refractivity contribution >= 4 is 34.0 Å². The van der Waals surface area contributed by atoms with Crippen molar-refractivity contribution in [2.24, 2.45) is 0 Å². The minimum Gasteiger partial charge on any atom is -0.487 e. The molecule has 0 aliphatic heterocycles. The molecule has 154 valence electrons. The number of aromatic nitrogens is 2. The summed E-state index contributed by atoms with van der Waals surface area (Å²) in [6, 6.07) is 17.7. The van der Waals surface area contributed by atoms with Gasteiger partial charge in [0.1, 0.15) is 30.3 Å². The molecule has 0 radical (unpaired) electrons. The number of hydrogen-bond acceptors (Lipinski definition) is 4. The van der Waals surface area contributed by atoms with Gasteiger partial charge in [-0.3, -0.25) is 0 Å². The van der Waals surface area contributed by atoms with Gasteiger partial charge in [-0.05, 0) is 55.0 Å². The fraction of sp³-hybridized carbons (Fsp3) is 0.167. The van der Waals surface area contributed by atoms with Crippen LogP contribution in [-0.4, -0.2) is 9.97 Å². The molecule has 0 fully saturated rings. The van der Waals surface area contributed by atoms with Crippen molar-refractivity contribution in [1.82, 2.24) is 9.97 Å². The molecule has 1 N–H and O–H groups in total. The van der Waals surface area contributed by atoms with Crippen molar-refractivity contribution in [2.75, 3.05) is 5.32 Å². The highest BCUT2D eigenvalue weighted by Gasteiger charge is 2.08. The van der Waals surface area contributed by atoms with Gasteiger partial charge >= 0.3 is 0 Å². The molecule has 0 bridgehead atoms. The third-order valence-electron chi connectivity index (χ3n) is 4.27. The molecule has 0 amide bonds. The predicted octanol–water partition coefficient (Wildman–Crippen LogP) is 7.08. The van der Waals surface area contributed by atoms with Crippen LogP contribution in [0.5, 0.6) is 5.75 Å². The summed E-state index contributed by atoms with van der Waals surface area (Å²) in [4.78, 5) is 8.64. The number of anilines is 2. The molecule has 0 saturated heterocycles. The summed E-state index contributed by atoms with van der Waals surface area (Å²) in [6.07, 6.45) is 1.53. The van der Waals surface area contributed by atoms with Gasteiger partial charge in [0, 0.05) is 11.1 Å². The first-order chi connectivity index (χ1) is 14.6. The van der Waals surface area contributed by atoms with Crippen LogP contribution in [0.3, 0.4) is 0 Å². The van der Waals surface area contributed by atoms with E-state index in [2.05, 4.69) is 15.3 Å². The van der Waals surface area contributed by atoms with Crippen molar-refractivity contribution in [3.05, 3.63) is 89.0 Å². The van der Waals surface area contributed by atoms with Gasteiger partial charge in [0.05, 0.1) is 10.5 Å². The molecule has 30 heavy (non-hydrogen) atoms. The molecule has 0 aliphatic rings. The van der Waals surface area contributed by atoms with E-state index in [-0.39, 0.29) is 12.4 Å². The number of nitrogens with one attached hydrogen (secondary N) is 1. The van der Waals surface area contributed by atoms with Gasteiger partial charge in [0.15, 0.2) is 0 Å². The van der Waals surface area contributed by atoms with Gasteiger partial charge in [-0.1, -0.05) is 49.2 Å². The van der Waals surface area contributed by atoms with Crippen LogP contribution >= 0.6 is 11.6 Å². The second-order valence-corrected chi connectivity index (χ2v) is 6.84.